The van der Waals surface area contributed by atoms with Gasteiger partial charge in [0.1, 0.15) is 0 Å². The molecule has 0 bridgehead atoms. The second kappa shape index (κ2) is 8.98. The average molecular weight is 319 g/mol. The first-order valence-electron chi connectivity index (χ1n) is 7.66. The van der Waals surface area contributed by atoms with Crippen molar-refractivity contribution >= 4 is 18.1 Å². The lowest BCUT2D eigenvalue weighted by atomic mass is 10.2. The summed E-state index contributed by atoms with van der Waals surface area (Å²) in [6.45, 7) is 7.59. The van der Waals surface area contributed by atoms with Gasteiger partial charge in [0.25, 0.3) is 0 Å². The number of hydrogen-bond donors (Lipinski definition) is 0. The van der Waals surface area contributed by atoms with E-state index in [1.54, 1.807) is 11.0 Å². The van der Waals surface area contributed by atoms with Crippen LogP contribution in [0.25, 0.3) is 6.08 Å². The van der Waals surface area contributed by atoms with Crippen LogP contribution in [0.1, 0.15) is 33.3 Å². The van der Waals surface area contributed by atoms with E-state index in [1.165, 1.54) is 13.2 Å². The van der Waals surface area contributed by atoms with Gasteiger partial charge < -0.3 is 14.4 Å². The van der Waals surface area contributed by atoms with Crippen LogP contribution in [-0.4, -0.2) is 42.3 Å². The number of benzene rings is 1. The molecule has 1 atom stereocenters. The molecule has 0 fully saturated rings. The van der Waals surface area contributed by atoms with Gasteiger partial charge >= 0.3 is 12.1 Å². The molecule has 0 aliphatic rings. The van der Waals surface area contributed by atoms with E-state index in [-0.39, 0.29) is 12.1 Å². The fourth-order valence-corrected chi connectivity index (χ4v) is 2.23. The van der Waals surface area contributed by atoms with Gasteiger partial charge in [0, 0.05) is 12.1 Å². The van der Waals surface area contributed by atoms with Crippen molar-refractivity contribution < 1.29 is 19.1 Å². The molecule has 0 aliphatic carbocycles. The lowest BCUT2D eigenvalue weighted by Gasteiger charge is -2.30. The minimum atomic E-state index is -1.08. The zero-order chi connectivity index (χ0) is 17.4. The maximum Gasteiger partial charge on any atom is 0.411 e. The maximum atomic E-state index is 12.3. The summed E-state index contributed by atoms with van der Waals surface area (Å²) in [6.07, 6.45) is 1.64. The second-order valence-electron chi connectivity index (χ2n) is 5.69. The number of rotatable bonds is 6. The lowest BCUT2D eigenvalue weighted by Crippen LogP contribution is -2.44. The third-order valence-corrected chi connectivity index (χ3v) is 3.25. The highest BCUT2D eigenvalue weighted by Crippen LogP contribution is 2.12. The Kier molecular flexibility index (Phi) is 7.32. The Hall–Kier alpha value is -2.30. The zero-order valence-electron chi connectivity index (χ0n) is 14.4. The summed E-state index contributed by atoms with van der Waals surface area (Å²) in [5.41, 5.74) is 0.905. The van der Waals surface area contributed by atoms with E-state index < -0.39 is 18.2 Å². The van der Waals surface area contributed by atoms with Crippen molar-refractivity contribution in [2.24, 2.45) is 0 Å². The molecule has 0 aliphatic heterocycles. The third kappa shape index (κ3) is 5.77. The van der Waals surface area contributed by atoms with Crippen LogP contribution in [0.3, 0.4) is 0 Å². The van der Waals surface area contributed by atoms with Gasteiger partial charge in [-0.1, -0.05) is 36.4 Å². The second-order valence-corrected chi connectivity index (χ2v) is 5.69. The normalized spacial score (nSPS) is 12.5. The number of carbonyl (C=O) groups excluding carboxylic acids is 2. The van der Waals surface area contributed by atoms with Crippen molar-refractivity contribution in [1.29, 1.82) is 0 Å². The van der Waals surface area contributed by atoms with E-state index in [0.29, 0.717) is 0 Å². The van der Waals surface area contributed by atoms with Crippen molar-refractivity contribution in [2.45, 2.75) is 45.9 Å². The molecule has 1 rings (SSSR count). The molecule has 5 nitrogen and oxygen atoms in total. The van der Waals surface area contributed by atoms with Gasteiger partial charge in [0.15, 0.2) is 0 Å². The van der Waals surface area contributed by atoms with Crippen LogP contribution in [-0.2, 0) is 14.3 Å². The van der Waals surface area contributed by atoms with Crippen molar-refractivity contribution in [1.82, 2.24) is 4.90 Å². The van der Waals surface area contributed by atoms with Gasteiger partial charge in [0.05, 0.1) is 7.11 Å². The quantitative estimate of drug-likeness (QED) is 0.753. The molecule has 0 saturated heterocycles. The molecule has 0 aromatic heterocycles. The predicted molar refractivity (Wildman–Crippen MR) is 89.9 cm³/mol. The summed E-state index contributed by atoms with van der Waals surface area (Å²) in [7, 11) is 1.27. The summed E-state index contributed by atoms with van der Waals surface area (Å²) in [6, 6.07) is 9.40. The topological polar surface area (TPSA) is 55.8 Å². The summed E-state index contributed by atoms with van der Waals surface area (Å²) in [5.74, 6) is -0.613. The Morgan fingerprint density at radius 1 is 1.04 bits per heavy atom. The Bertz CT molecular complexity index is 529. The van der Waals surface area contributed by atoms with Crippen molar-refractivity contribution in [3.8, 4) is 0 Å². The molecule has 0 heterocycles. The fourth-order valence-electron chi connectivity index (χ4n) is 2.23. The van der Waals surface area contributed by atoms with Crippen molar-refractivity contribution in [2.75, 3.05) is 7.11 Å². The smallest absolute Gasteiger partial charge is 0.411 e. The predicted octanol–water partition coefficient (Wildman–Crippen LogP) is 3.50. The van der Waals surface area contributed by atoms with Crippen LogP contribution >= 0.6 is 0 Å². The molecule has 0 N–H and O–H groups in total. The molecule has 0 radical (unpaired) electrons. The van der Waals surface area contributed by atoms with E-state index in [2.05, 4.69) is 0 Å². The van der Waals surface area contributed by atoms with Crippen molar-refractivity contribution in [3.05, 3.63) is 42.0 Å². The Labute approximate surface area is 137 Å². The summed E-state index contributed by atoms with van der Waals surface area (Å²) >= 11 is 0. The van der Waals surface area contributed by atoms with E-state index in [9.17, 15) is 9.59 Å². The van der Waals surface area contributed by atoms with Gasteiger partial charge in [-0.15, -0.1) is 0 Å². The molecule has 1 aromatic carbocycles. The van der Waals surface area contributed by atoms with Crippen LogP contribution in [0.4, 0.5) is 4.79 Å². The van der Waals surface area contributed by atoms with Crippen LogP contribution in [0.2, 0.25) is 0 Å². The van der Waals surface area contributed by atoms with E-state index in [0.717, 1.165) is 5.56 Å². The van der Waals surface area contributed by atoms with E-state index >= 15 is 0 Å². The first kappa shape index (κ1) is 18.7. The molecular weight excluding hydrogens is 294 g/mol. The molecule has 1 aromatic rings. The van der Waals surface area contributed by atoms with E-state index in [1.807, 2.05) is 58.0 Å². The van der Waals surface area contributed by atoms with Gasteiger partial charge in [-0.25, -0.2) is 9.59 Å². The van der Waals surface area contributed by atoms with Gasteiger partial charge in [-0.3, -0.25) is 0 Å². The standard InChI is InChI=1S/C18H25NO4/c1-13(2)19(14(3)4)18(21)23-16(17(20)22-5)12-11-15-9-7-6-8-10-15/h6-14,16H,1-5H3/b12-11+/t16-/m0/s1. The number of methoxy groups -OCH3 is 1. The number of carbonyl (C=O) groups is 2. The maximum absolute atomic E-state index is 12.3. The summed E-state index contributed by atoms with van der Waals surface area (Å²) in [5, 5.41) is 0. The van der Waals surface area contributed by atoms with Gasteiger partial charge in [-0.05, 0) is 39.3 Å². The van der Waals surface area contributed by atoms with Gasteiger partial charge in [0.2, 0.25) is 6.10 Å². The largest absolute Gasteiger partial charge is 0.466 e. The van der Waals surface area contributed by atoms with Crippen LogP contribution < -0.4 is 0 Å². The number of esters is 1. The Morgan fingerprint density at radius 2 is 1.61 bits per heavy atom. The number of amides is 1. The van der Waals surface area contributed by atoms with Crippen molar-refractivity contribution in [3.63, 3.8) is 0 Å². The van der Waals surface area contributed by atoms with Gasteiger partial charge in [-0.2, -0.15) is 0 Å². The average Bonchev–Trinajstić information content (AvgIpc) is 2.50. The molecule has 23 heavy (non-hydrogen) atoms. The first-order valence-corrected chi connectivity index (χ1v) is 7.66. The third-order valence-electron chi connectivity index (χ3n) is 3.25. The summed E-state index contributed by atoms with van der Waals surface area (Å²) in [4.78, 5) is 25.8. The lowest BCUT2D eigenvalue weighted by molar-refractivity contribution is -0.148. The van der Waals surface area contributed by atoms with Crippen LogP contribution in [0, 0.1) is 0 Å². The fraction of sp³-hybridized carbons (Fsp3) is 0.444. The highest BCUT2D eigenvalue weighted by molar-refractivity contribution is 5.82. The monoisotopic (exact) mass is 319 g/mol. The highest BCUT2D eigenvalue weighted by atomic mass is 16.6. The Balaban J connectivity index is 2.89. The highest BCUT2D eigenvalue weighted by Gasteiger charge is 2.27. The molecule has 0 unspecified atom stereocenters. The zero-order valence-corrected chi connectivity index (χ0v) is 14.4. The minimum Gasteiger partial charge on any atom is -0.466 e. The molecule has 1 amide bonds. The molecule has 5 heteroatoms. The summed E-state index contributed by atoms with van der Waals surface area (Å²) < 4.78 is 10.1. The first-order chi connectivity index (χ1) is 10.9. The molecule has 126 valence electrons. The van der Waals surface area contributed by atoms with E-state index in [4.69, 9.17) is 9.47 Å². The molecule has 0 spiro atoms. The molecular formula is C18H25NO4. The SMILES string of the molecule is COC(=O)[C@H](/C=C/c1ccccc1)OC(=O)N(C(C)C)C(C)C. The molecule has 0 saturated carbocycles. The van der Waals surface area contributed by atoms with Crippen LogP contribution in [0.15, 0.2) is 36.4 Å². The number of ether oxygens (including phenoxy) is 2. The number of hydrogen-bond acceptors (Lipinski definition) is 4. The number of nitrogens with zero attached hydrogens (tertiary/aromatic N) is 1. The minimum absolute atomic E-state index is 0.0288. The Morgan fingerprint density at radius 3 is 2.09 bits per heavy atom. The van der Waals surface area contributed by atoms with Crippen LogP contribution in [0.5, 0.6) is 0 Å².